The number of nitrogens with one attached hydrogen (secondary N) is 2. The Morgan fingerprint density at radius 1 is 1.10 bits per heavy atom. The van der Waals surface area contributed by atoms with E-state index in [1.54, 1.807) is 17.7 Å². The number of allylic oxidation sites excluding steroid dienone is 2. The summed E-state index contributed by atoms with van der Waals surface area (Å²) in [7, 11) is 0. The van der Waals surface area contributed by atoms with E-state index < -0.39 is 0 Å². The predicted molar refractivity (Wildman–Crippen MR) is 80.4 cm³/mol. The van der Waals surface area contributed by atoms with Crippen LogP contribution in [0.2, 0.25) is 0 Å². The van der Waals surface area contributed by atoms with Gasteiger partial charge in [-0.05, 0) is 55.6 Å². The van der Waals surface area contributed by atoms with Crippen LogP contribution in [0.3, 0.4) is 0 Å². The molecule has 1 aromatic rings. The number of hydrogen-bond acceptors (Lipinski definition) is 4. The summed E-state index contributed by atoms with van der Waals surface area (Å²) >= 11 is 0. The first-order valence-corrected chi connectivity index (χ1v) is 7.67. The van der Waals surface area contributed by atoms with E-state index >= 15 is 0 Å². The number of nitro benzene ring substituents is 1. The normalized spacial score (nSPS) is 29.6. The Bertz CT molecular complexity index is 610. The Labute approximate surface area is 123 Å². The van der Waals surface area contributed by atoms with Crippen LogP contribution >= 0.6 is 0 Å². The van der Waals surface area contributed by atoms with Crippen LogP contribution in [-0.2, 0) is 0 Å². The SMILES string of the molecule is O=[N+]([O-])c1cccc(NNC2=C3C[C@@H]4CC2C[C@H](C3)C4)c1. The lowest BCUT2D eigenvalue weighted by atomic mass is 9.60. The van der Waals surface area contributed by atoms with Crippen molar-refractivity contribution >= 4 is 11.4 Å². The van der Waals surface area contributed by atoms with Gasteiger partial charge in [0.05, 0.1) is 10.6 Å². The fraction of sp³-hybridized carbons (Fsp3) is 0.500. The van der Waals surface area contributed by atoms with Crippen LogP contribution in [0, 0.1) is 27.9 Å². The van der Waals surface area contributed by atoms with E-state index in [0.717, 1.165) is 17.5 Å². The smallest absolute Gasteiger partial charge is 0.271 e. The van der Waals surface area contributed by atoms with Gasteiger partial charge in [0.1, 0.15) is 0 Å². The number of anilines is 1. The molecule has 5 rings (SSSR count). The summed E-state index contributed by atoms with van der Waals surface area (Å²) in [6.45, 7) is 0. The minimum atomic E-state index is -0.365. The van der Waals surface area contributed by atoms with E-state index in [2.05, 4.69) is 10.9 Å². The lowest BCUT2D eigenvalue weighted by Gasteiger charge is -2.47. The first kappa shape index (κ1) is 12.7. The van der Waals surface area contributed by atoms with Crippen molar-refractivity contribution in [2.24, 2.45) is 17.8 Å². The van der Waals surface area contributed by atoms with Crippen molar-refractivity contribution in [1.29, 1.82) is 0 Å². The second-order valence-electron chi connectivity index (χ2n) is 6.62. The number of nitrogens with zero attached hydrogens (tertiary/aromatic N) is 1. The molecule has 0 spiro atoms. The Morgan fingerprint density at radius 3 is 2.52 bits per heavy atom. The minimum absolute atomic E-state index is 0.115. The topological polar surface area (TPSA) is 67.2 Å². The molecule has 110 valence electrons. The quantitative estimate of drug-likeness (QED) is 0.655. The van der Waals surface area contributed by atoms with Crippen LogP contribution in [-0.4, -0.2) is 4.92 Å². The van der Waals surface area contributed by atoms with E-state index in [-0.39, 0.29) is 10.6 Å². The van der Waals surface area contributed by atoms with E-state index in [0.29, 0.717) is 5.92 Å². The molecule has 0 aliphatic heterocycles. The van der Waals surface area contributed by atoms with Gasteiger partial charge in [-0.15, -0.1) is 0 Å². The zero-order valence-corrected chi connectivity index (χ0v) is 11.8. The van der Waals surface area contributed by atoms with E-state index in [1.807, 2.05) is 6.07 Å². The van der Waals surface area contributed by atoms with E-state index in [1.165, 1.54) is 43.9 Å². The summed E-state index contributed by atoms with van der Waals surface area (Å²) in [6, 6.07) is 6.63. The van der Waals surface area contributed by atoms with Crippen LogP contribution in [0.25, 0.3) is 0 Å². The summed E-state index contributed by atoms with van der Waals surface area (Å²) in [5, 5.41) is 10.8. The maximum atomic E-state index is 10.8. The zero-order chi connectivity index (χ0) is 14.4. The van der Waals surface area contributed by atoms with Crippen LogP contribution in [0.1, 0.15) is 32.1 Å². The molecule has 2 fully saturated rings. The second-order valence-corrected chi connectivity index (χ2v) is 6.62. The Hall–Kier alpha value is -2.04. The minimum Gasteiger partial charge on any atom is -0.305 e. The molecule has 5 heteroatoms. The molecule has 1 aromatic carbocycles. The van der Waals surface area contributed by atoms with Crippen molar-refractivity contribution in [3.05, 3.63) is 45.6 Å². The molecule has 0 amide bonds. The standard InChI is InChI=1S/C16H19N3O2/c20-19(21)15-3-1-2-14(9-15)17-18-16-12-5-10-4-11(7-12)8-13(16)6-10/h1-3,9-12,17-18H,4-8H2/t10-,11+,12?. The maximum absolute atomic E-state index is 10.8. The number of benzene rings is 1. The Kier molecular flexibility index (Phi) is 2.87. The van der Waals surface area contributed by atoms with Gasteiger partial charge < -0.3 is 10.9 Å². The average Bonchev–Trinajstić information content (AvgIpc) is 2.46. The van der Waals surface area contributed by atoms with Gasteiger partial charge in [0.25, 0.3) is 5.69 Å². The highest BCUT2D eigenvalue weighted by Gasteiger charge is 2.41. The Morgan fingerprint density at radius 2 is 1.86 bits per heavy atom. The summed E-state index contributed by atoms with van der Waals surface area (Å²) in [6.07, 6.45) is 6.52. The van der Waals surface area contributed by atoms with Gasteiger partial charge in [-0.1, -0.05) is 6.07 Å². The molecular weight excluding hydrogens is 266 g/mol. The number of hydrogen-bond donors (Lipinski definition) is 2. The first-order chi connectivity index (χ1) is 10.2. The molecule has 0 heterocycles. The van der Waals surface area contributed by atoms with Crippen LogP contribution in [0.15, 0.2) is 35.5 Å². The zero-order valence-electron chi connectivity index (χ0n) is 11.8. The maximum Gasteiger partial charge on any atom is 0.271 e. The van der Waals surface area contributed by atoms with Crippen molar-refractivity contribution in [2.45, 2.75) is 32.1 Å². The molecule has 2 N–H and O–H groups in total. The highest BCUT2D eigenvalue weighted by molar-refractivity contribution is 5.50. The molecule has 3 atom stereocenters. The molecule has 4 aliphatic carbocycles. The molecule has 4 aliphatic rings. The molecular formula is C16H19N3O2. The lowest BCUT2D eigenvalue weighted by molar-refractivity contribution is -0.384. The van der Waals surface area contributed by atoms with Crippen molar-refractivity contribution in [1.82, 2.24) is 5.43 Å². The van der Waals surface area contributed by atoms with E-state index in [9.17, 15) is 10.1 Å². The van der Waals surface area contributed by atoms with Crippen molar-refractivity contribution in [2.75, 3.05) is 5.43 Å². The van der Waals surface area contributed by atoms with Crippen molar-refractivity contribution < 1.29 is 4.92 Å². The van der Waals surface area contributed by atoms with Crippen LogP contribution in [0.4, 0.5) is 11.4 Å². The van der Waals surface area contributed by atoms with Gasteiger partial charge in [-0.3, -0.25) is 10.1 Å². The average molecular weight is 285 g/mol. The predicted octanol–water partition coefficient (Wildman–Crippen LogP) is 3.61. The molecule has 0 saturated heterocycles. The summed E-state index contributed by atoms with van der Waals surface area (Å²) in [5.41, 5.74) is 10.3. The highest BCUT2D eigenvalue weighted by atomic mass is 16.6. The van der Waals surface area contributed by atoms with Gasteiger partial charge in [0.2, 0.25) is 0 Å². The van der Waals surface area contributed by atoms with Crippen molar-refractivity contribution in [3.63, 3.8) is 0 Å². The number of rotatable bonds is 4. The number of hydrazine groups is 1. The third kappa shape index (κ3) is 2.26. The van der Waals surface area contributed by atoms with Gasteiger partial charge in [-0.2, -0.15) is 0 Å². The van der Waals surface area contributed by atoms with Gasteiger partial charge >= 0.3 is 0 Å². The molecule has 0 radical (unpaired) electrons. The molecule has 1 unspecified atom stereocenters. The molecule has 2 saturated carbocycles. The lowest BCUT2D eigenvalue weighted by Crippen LogP contribution is -2.40. The van der Waals surface area contributed by atoms with Crippen LogP contribution in [0.5, 0.6) is 0 Å². The summed E-state index contributed by atoms with van der Waals surface area (Å²) in [4.78, 5) is 10.4. The molecule has 0 aromatic heterocycles. The second kappa shape index (κ2) is 4.76. The molecule has 5 nitrogen and oxygen atoms in total. The van der Waals surface area contributed by atoms with E-state index in [4.69, 9.17) is 0 Å². The van der Waals surface area contributed by atoms with Gasteiger partial charge in [0.15, 0.2) is 0 Å². The number of non-ortho nitro benzene ring substituents is 1. The van der Waals surface area contributed by atoms with Gasteiger partial charge in [-0.25, -0.2) is 0 Å². The monoisotopic (exact) mass is 285 g/mol. The largest absolute Gasteiger partial charge is 0.305 e. The third-order valence-corrected chi connectivity index (χ3v) is 5.16. The van der Waals surface area contributed by atoms with Gasteiger partial charge in [0, 0.05) is 23.7 Å². The first-order valence-electron chi connectivity index (χ1n) is 7.67. The fourth-order valence-corrected chi connectivity index (χ4v) is 4.45. The van der Waals surface area contributed by atoms with Crippen LogP contribution < -0.4 is 10.9 Å². The molecule has 4 bridgehead atoms. The Balaban J connectivity index is 1.50. The fourth-order valence-electron chi connectivity index (χ4n) is 4.45. The highest BCUT2D eigenvalue weighted by Crippen LogP contribution is 2.52. The number of nitro groups is 1. The van der Waals surface area contributed by atoms with Crippen molar-refractivity contribution in [3.8, 4) is 0 Å². The summed E-state index contributed by atoms with van der Waals surface area (Å²) < 4.78 is 0. The third-order valence-electron chi connectivity index (χ3n) is 5.16. The molecule has 21 heavy (non-hydrogen) atoms. The summed E-state index contributed by atoms with van der Waals surface area (Å²) in [5.74, 6) is 2.47.